The molecule has 2 aromatic heterocycles. The van der Waals surface area contributed by atoms with Gasteiger partial charge in [-0.15, -0.1) is 11.8 Å². The van der Waals surface area contributed by atoms with E-state index in [-0.39, 0.29) is 5.91 Å². The van der Waals surface area contributed by atoms with Crippen LogP contribution in [-0.2, 0) is 4.79 Å². The van der Waals surface area contributed by atoms with E-state index in [2.05, 4.69) is 29.4 Å². The molecule has 4 rings (SSSR count). The number of nitrogens with one attached hydrogen (secondary N) is 1. The van der Waals surface area contributed by atoms with Crippen LogP contribution >= 0.6 is 23.1 Å². The summed E-state index contributed by atoms with van der Waals surface area (Å²) in [5, 5.41) is 5.53. The topological polar surface area (TPSA) is 64.1 Å². The van der Waals surface area contributed by atoms with Crippen LogP contribution in [0, 0.1) is 13.8 Å². The van der Waals surface area contributed by atoms with Crippen LogP contribution in [0.4, 0.5) is 5.13 Å². The highest BCUT2D eigenvalue weighted by Crippen LogP contribution is 2.30. The molecule has 2 aromatic carbocycles. The number of ether oxygens (including phenoxy) is 1. The lowest BCUT2D eigenvalue weighted by atomic mass is 10.1. The van der Waals surface area contributed by atoms with E-state index >= 15 is 0 Å². The van der Waals surface area contributed by atoms with Crippen molar-refractivity contribution in [2.24, 2.45) is 0 Å². The fraction of sp³-hybridized carbons (Fsp3) is 0.227. The van der Waals surface area contributed by atoms with Crippen molar-refractivity contribution in [3.8, 4) is 5.75 Å². The molecule has 7 heteroatoms. The molecule has 0 saturated heterocycles. The van der Waals surface area contributed by atoms with Gasteiger partial charge in [-0.25, -0.2) is 9.97 Å². The summed E-state index contributed by atoms with van der Waals surface area (Å²) < 4.78 is 6.52. The van der Waals surface area contributed by atoms with Crippen molar-refractivity contribution in [3.05, 3.63) is 53.6 Å². The molecule has 0 aliphatic heterocycles. The van der Waals surface area contributed by atoms with Crippen LogP contribution in [-0.4, -0.2) is 28.7 Å². The lowest BCUT2D eigenvalue weighted by Gasteiger charge is -2.09. The van der Waals surface area contributed by atoms with Crippen LogP contribution in [0.15, 0.2) is 47.5 Å². The number of thioether (sulfide) groups is 1. The summed E-state index contributed by atoms with van der Waals surface area (Å²) in [5.41, 5.74) is 4.10. The SMILES string of the molecule is COc1cccc2c(C)cc(SCCC(=O)Nc3nc4ccc(C)cc4s3)nc12. The quantitative estimate of drug-likeness (QED) is 0.410. The number of nitrogens with zero attached hydrogens (tertiary/aromatic N) is 2. The van der Waals surface area contributed by atoms with E-state index in [0.717, 1.165) is 37.5 Å². The Morgan fingerprint density at radius 1 is 1.17 bits per heavy atom. The molecule has 0 aliphatic carbocycles. The summed E-state index contributed by atoms with van der Waals surface area (Å²) in [6.45, 7) is 4.11. The minimum atomic E-state index is -0.0385. The van der Waals surface area contributed by atoms with Gasteiger partial charge in [-0.1, -0.05) is 29.5 Å². The van der Waals surface area contributed by atoms with Crippen LogP contribution < -0.4 is 10.1 Å². The van der Waals surface area contributed by atoms with Gasteiger partial charge in [-0.05, 0) is 49.2 Å². The highest BCUT2D eigenvalue weighted by molar-refractivity contribution is 7.99. The zero-order chi connectivity index (χ0) is 20.4. The third kappa shape index (κ3) is 4.36. The van der Waals surface area contributed by atoms with Gasteiger partial charge in [0.05, 0.1) is 22.4 Å². The predicted octanol–water partition coefficient (Wildman–Crippen LogP) is 5.59. The van der Waals surface area contributed by atoms with Crippen molar-refractivity contribution in [1.82, 2.24) is 9.97 Å². The molecule has 2 heterocycles. The molecule has 1 N–H and O–H groups in total. The number of carbonyl (C=O) groups is 1. The Balaban J connectivity index is 1.39. The Labute approximate surface area is 177 Å². The maximum atomic E-state index is 12.3. The van der Waals surface area contributed by atoms with Gasteiger partial charge in [0.25, 0.3) is 0 Å². The van der Waals surface area contributed by atoms with E-state index in [1.54, 1.807) is 18.9 Å². The monoisotopic (exact) mass is 423 g/mol. The molecule has 4 aromatic rings. The van der Waals surface area contributed by atoms with E-state index in [0.29, 0.717) is 17.3 Å². The molecule has 1 amide bonds. The second kappa shape index (κ2) is 8.39. The third-order valence-corrected chi connectivity index (χ3v) is 6.42. The molecule has 5 nitrogen and oxygen atoms in total. The molecule has 0 atom stereocenters. The second-order valence-electron chi connectivity index (χ2n) is 6.77. The maximum Gasteiger partial charge on any atom is 0.226 e. The smallest absolute Gasteiger partial charge is 0.226 e. The van der Waals surface area contributed by atoms with Crippen LogP contribution in [0.1, 0.15) is 17.5 Å². The van der Waals surface area contributed by atoms with Crippen LogP contribution in [0.25, 0.3) is 21.1 Å². The normalized spacial score (nSPS) is 11.1. The van der Waals surface area contributed by atoms with Crippen molar-refractivity contribution in [2.45, 2.75) is 25.3 Å². The van der Waals surface area contributed by atoms with E-state index in [1.807, 2.05) is 37.3 Å². The first-order valence-corrected chi connectivity index (χ1v) is 11.1. The average molecular weight is 424 g/mol. The van der Waals surface area contributed by atoms with Gasteiger partial charge in [0.1, 0.15) is 11.3 Å². The average Bonchev–Trinajstić information content (AvgIpc) is 3.08. The summed E-state index contributed by atoms with van der Waals surface area (Å²) >= 11 is 3.07. The Hall–Kier alpha value is -2.64. The Morgan fingerprint density at radius 2 is 2.03 bits per heavy atom. The van der Waals surface area contributed by atoms with Gasteiger partial charge >= 0.3 is 0 Å². The van der Waals surface area contributed by atoms with Crippen LogP contribution in [0.2, 0.25) is 0 Å². The molecule has 0 bridgehead atoms. The number of hydrogen-bond acceptors (Lipinski definition) is 6. The lowest BCUT2D eigenvalue weighted by Crippen LogP contribution is -2.11. The number of methoxy groups -OCH3 is 1. The summed E-state index contributed by atoms with van der Waals surface area (Å²) in [7, 11) is 1.65. The van der Waals surface area contributed by atoms with Gasteiger partial charge in [-0.2, -0.15) is 0 Å². The minimum absolute atomic E-state index is 0.0385. The molecular formula is C22H21N3O2S2. The molecule has 0 unspecified atom stereocenters. The zero-order valence-corrected chi connectivity index (χ0v) is 18.1. The number of thiazole rings is 1. The molecule has 0 spiro atoms. The van der Waals surface area contributed by atoms with E-state index in [1.165, 1.54) is 16.9 Å². The highest BCUT2D eigenvalue weighted by atomic mass is 32.2. The number of fused-ring (bicyclic) bond motifs is 2. The standard InChI is InChI=1S/C22H21N3O2S2/c1-13-7-8-16-18(11-13)29-22(23-16)24-19(26)9-10-28-20-12-14(2)15-5-4-6-17(27-3)21(15)25-20/h4-8,11-12H,9-10H2,1-3H3,(H,23,24,26). The molecule has 148 valence electrons. The molecule has 0 fully saturated rings. The first-order valence-electron chi connectivity index (χ1n) is 9.27. The number of aryl methyl sites for hydroxylation is 2. The van der Waals surface area contributed by atoms with Crippen molar-refractivity contribution in [1.29, 1.82) is 0 Å². The Morgan fingerprint density at radius 3 is 2.86 bits per heavy atom. The number of amides is 1. The lowest BCUT2D eigenvalue weighted by molar-refractivity contribution is -0.115. The van der Waals surface area contributed by atoms with Crippen molar-refractivity contribution < 1.29 is 9.53 Å². The molecular weight excluding hydrogens is 402 g/mol. The number of benzene rings is 2. The summed E-state index contributed by atoms with van der Waals surface area (Å²) in [6.07, 6.45) is 0.393. The first kappa shape index (κ1) is 19.7. The molecule has 0 aliphatic rings. The number of aromatic nitrogens is 2. The number of hydrogen-bond donors (Lipinski definition) is 1. The van der Waals surface area contributed by atoms with Gasteiger partial charge in [-0.3, -0.25) is 4.79 Å². The molecule has 0 radical (unpaired) electrons. The van der Waals surface area contributed by atoms with Gasteiger partial charge in [0, 0.05) is 17.6 Å². The number of carbonyl (C=O) groups excluding carboxylic acids is 1. The van der Waals surface area contributed by atoms with Gasteiger partial charge < -0.3 is 10.1 Å². The highest BCUT2D eigenvalue weighted by Gasteiger charge is 2.11. The van der Waals surface area contributed by atoms with E-state index in [9.17, 15) is 4.79 Å². The van der Waals surface area contributed by atoms with Crippen LogP contribution in [0.5, 0.6) is 5.75 Å². The number of para-hydroxylation sites is 1. The maximum absolute atomic E-state index is 12.3. The summed E-state index contributed by atoms with van der Waals surface area (Å²) in [5.74, 6) is 1.36. The fourth-order valence-corrected chi connectivity index (χ4v) is 5.01. The Kier molecular flexibility index (Phi) is 5.69. The molecule has 29 heavy (non-hydrogen) atoms. The van der Waals surface area contributed by atoms with Crippen molar-refractivity contribution in [2.75, 3.05) is 18.2 Å². The number of anilines is 1. The molecule has 0 saturated carbocycles. The van der Waals surface area contributed by atoms with Crippen molar-refractivity contribution in [3.63, 3.8) is 0 Å². The van der Waals surface area contributed by atoms with Gasteiger partial charge in [0.15, 0.2) is 5.13 Å². The summed E-state index contributed by atoms with van der Waals surface area (Å²) in [6, 6.07) is 14.1. The first-order chi connectivity index (χ1) is 14.0. The number of rotatable bonds is 6. The van der Waals surface area contributed by atoms with E-state index < -0.39 is 0 Å². The number of pyridine rings is 1. The summed E-state index contributed by atoms with van der Waals surface area (Å²) in [4.78, 5) is 21.5. The largest absolute Gasteiger partial charge is 0.494 e. The third-order valence-electron chi connectivity index (χ3n) is 4.58. The fourth-order valence-electron chi connectivity index (χ4n) is 3.12. The Bertz CT molecular complexity index is 1200. The van der Waals surface area contributed by atoms with Gasteiger partial charge in [0.2, 0.25) is 5.91 Å². The van der Waals surface area contributed by atoms with Crippen molar-refractivity contribution >= 4 is 55.3 Å². The zero-order valence-electron chi connectivity index (χ0n) is 16.5. The predicted molar refractivity (Wildman–Crippen MR) is 121 cm³/mol. The van der Waals surface area contributed by atoms with Crippen LogP contribution in [0.3, 0.4) is 0 Å². The van der Waals surface area contributed by atoms with E-state index in [4.69, 9.17) is 9.72 Å². The second-order valence-corrected chi connectivity index (χ2v) is 8.92. The minimum Gasteiger partial charge on any atom is -0.494 e.